The van der Waals surface area contributed by atoms with Crippen molar-refractivity contribution < 1.29 is 29.3 Å². The quantitative estimate of drug-likeness (QED) is 0.763. The Morgan fingerprint density at radius 3 is 2.50 bits per heavy atom. The van der Waals surface area contributed by atoms with E-state index in [2.05, 4.69) is 0 Å². The van der Waals surface area contributed by atoms with Crippen LogP contribution in [0.3, 0.4) is 0 Å². The van der Waals surface area contributed by atoms with E-state index >= 15 is 0 Å². The highest BCUT2D eigenvalue weighted by atomic mass is 16.5. The molecule has 0 aliphatic heterocycles. The van der Waals surface area contributed by atoms with Gasteiger partial charge in [0.15, 0.2) is 12.7 Å². The second-order valence-corrected chi connectivity index (χ2v) is 3.51. The minimum atomic E-state index is -1.08. The first kappa shape index (κ1) is 13.8. The van der Waals surface area contributed by atoms with Crippen LogP contribution in [0.1, 0.15) is 13.3 Å². The lowest BCUT2D eigenvalue weighted by atomic mass is 10.2. The van der Waals surface area contributed by atoms with E-state index in [0.29, 0.717) is 17.9 Å². The van der Waals surface area contributed by atoms with Gasteiger partial charge in [0.1, 0.15) is 11.5 Å². The SMILES string of the molecule is CCC(Oc1cccc(OCC(=O)O)c1)C(=O)O. The zero-order valence-corrected chi connectivity index (χ0v) is 9.83. The molecule has 0 saturated carbocycles. The van der Waals surface area contributed by atoms with Gasteiger partial charge in [0.2, 0.25) is 0 Å². The van der Waals surface area contributed by atoms with Crippen LogP contribution in [-0.2, 0) is 9.59 Å². The number of benzene rings is 1. The van der Waals surface area contributed by atoms with Gasteiger partial charge in [-0.2, -0.15) is 0 Å². The molecule has 0 fully saturated rings. The van der Waals surface area contributed by atoms with Crippen molar-refractivity contribution in [2.24, 2.45) is 0 Å². The molecule has 0 spiro atoms. The Balaban J connectivity index is 2.69. The summed E-state index contributed by atoms with van der Waals surface area (Å²) in [7, 11) is 0. The van der Waals surface area contributed by atoms with Crippen molar-refractivity contribution in [1.82, 2.24) is 0 Å². The molecule has 6 nitrogen and oxygen atoms in total. The number of hydrogen-bond acceptors (Lipinski definition) is 4. The zero-order valence-electron chi connectivity index (χ0n) is 9.83. The predicted molar refractivity (Wildman–Crippen MR) is 61.9 cm³/mol. The first-order chi connectivity index (χ1) is 8.52. The highest BCUT2D eigenvalue weighted by Crippen LogP contribution is 2.21. The van der Waals surface area contributed by atoms with E-state index in [4.69, 9.17) is 19.7 Å². The molecule has 0 aromatic heterocycles. The first-order valence-electron chi connectivity index (χ1n) is 5.37. The average Bonchev–Trinajstić information content (AvgIpc) is 2.33. The fraction of sp³-hybridized carbons (Fsp3) is 0.333. The molecule has 0 saturated heterocycles. The number of carboxylic acids is 2. The average molecular weight is 254 g/mol. The number of carbonyl (C=O) groups is 2. The first-order valence-corrected chi connectivity index (χ1v) is 5.37. The summed E-state index contributed by atoms with van der Waals surface area (Å²) in [4.78, 5) is 21.1. The zero-order chi connectivity index (χ0) is 13.5. The number of carboxylic acid groups (broad SMARTS) is 2. The standard InChI is InChI=1S/C12H14O6/c1-2-10(12(15)16)18-9-5-3-4-8(6-9)17-7-11(13)14/h3-6,10H,2,7H2,1H3,(H,13,14)(H,15,16). The van der Waals surface area contributed by atoms with Crippen molar-refractivity contribution in [2.75, 3.05) is 6.61 Å². The maximum Gasteiger partial charge on any atom is 0.344 e. The molecule has 2 N–H and O–H groups in total. The van der Waals surface area contributed by atoms with Crippen LogP contribution in [0.4, 0.5) is 0 Å². The van der Waals surface area contributed by atoms with E-state index in [-0.39, 0.29) is 0 Å². The Kier molecular flexibility index (Phi) is 4.98. The normalized spacial score (nSPS) is 11.6. The summed E-state index contributed by atoms with van der Waals surface area (Å²) in [5.74, 6) is -1.49. The number of rotatable bonds is 7. The highest BCUT2D eigenvalue weighted by molar-refractivity contribution is 5.72. The molecule has 1 unspecified atom stereocenters. The Bertz CT molecular complexity index is 428. The van der Waals surface area contributed by atoms with Gasteiger partial charge in [-0.1, -0.05) is 13.0 Å². The molecule has 0 aliphatic carbocycles. The van der Waals surface area contributed by atoms with Crippen LogP contribution in [-0.4, -0.2) is 34.9 Å². The molecule has 98 valence electrons. The van der Waals surface area contributed by atoms with Gasteiger partial charge in [-0.25, -0.2) is 9.59 Å². The maximum atomic E-state index is 10.8. The third kappa shape index (κ3) is 4.32. The van der Waals surface area contributed by atoms with Crippen LogP contribution in [0.25, 0.3) is 0 Å². The molecule has 0 aliphatic rings. The summed E-state index contributed by atoms with van der Waals surface area (Å²) in [6.07, 6.45) is -0.602. The third-order valence-electron chi connectivity index (χ3n) is 2.09. The van der Waals surface area contributed by atoms with Gasteiger partial charge in [0, 0.05) is 6.07 Å². The highest BCUT2D eigenvalue weighted by Gasteiger charge is 2.16. The minimum Gasteiger partial charge on any atom is -0.482 e. The van der Waals surface area contributed by atoms with Gasteiger partial charge in [0.05, 0.1) is 0 Å². The monoisotopic (exact) mass is 254 g/mol. The van der Waals surface area contributed by atoms with E-state index in [1.54, 1.807) is 25.1 Å². The molecular weight excluding hydrogens is 240 g/mol. The molecule has 1 aromatic carbocycles. The minimum absolute atomic E-state index is 0.315. The van der Waals surface area contributed by atoms with Gasteiger partial charge < -0.3 is 19.7 Å². The summed E-state index contributed by atoms with van der Waals surface area (Å²) in [5, 5.41) is 17.3. The molecule has 0 amide bonds. The van der Waals surface area contributed by atoms with Crippen molar-refractivity contribution in [3.05, 3.63) is 24.3 Å². The number of aliphatic carboxylic acids is 2. The van der Waals surface area contributed by atoms with E-state index in [9.17, 15) is 9.59 Å². The molecule has 0 heterocycles. The summed E-state index contributed by atoms with van der Waals surface area (Å²) >= 11 is 0. The van der Waals surface area contributed by atoms with E-state index in [1.165, 1.54) is 6.07 Å². The second kappa shape index (κ2) is 6.48. The van der Waals surface area contributed by atoms with Gasteiger partial charge in [-0.3, -0.25) is 0 Å². The van der Waals surface area contributed by atoms with Crippen molar-refractivity contribution in [3.63, 3.8) is 0 Å². The lowest BCUT2D eigenvalue weighted by Gasteiger charge is -2.13. The van der Waals surface area contributed by atoms with Gasteiger partial charge in [-0.05, 0) is 18.6 Å². The van der Waals surface area contributed by atoms with Gasteiger partial charge in [-0.15, -0.1) is 0 Å². The lowest BCUT2D eigenvalue weighted by Crippen LogP contribution is -2.25. The van der Waals surface area contributed by atoms with Crippen molar-refractivity contribution in [1.29, 1.82) is 0 Å². The summed E-state index contributed by atoms with van der Waals surface area (Å²) in [6.45, 7) is 1.24. The van der Waals surface area contributed by atoms with Gasteiger partial charge >= 0.3 is 11.9 Å². The molecule has 0 radical (unpaired) electrons. The topological polar surface area (TPSA) is 93.1 Å². The molecule has 1 aromatic rings. The number of ether oxygens (including phenoxy) is 2. The van der Waals surface area contributed by atoms with Crippen LogP contribution in [0.5, 0.6) is 11.5 Å². The van der Waals surface area contributed by atoms with Crippen molar-refractivity contribution in [2.45, 2.75) is 19.4 Å². The van der Waals surface area contributed by atoms with Crippen LogP contribution in [0.2, 0.25) is 0 Å². The maximum absolute atomic E-state index is 10.8. The Morgan fingerprint density at radius 1 is 1.28 bits per heavy atom. The summed E-state index contributed by atoms with van der Waals surface area (Å²) in [6, 6.07) is 6.20. The number of hydrogen-bond donors (Lipinski definition) is 2. The predicted octanol–water partition coefficient (Wildman–Crippen LogP) is 1.39. The van der Waals surface area contributed by atoms with Crippen LogP contribution < -0.4 is 9.47 Å². The van der Waals surface area contributed by atoms with E-state index in [0.717, 1.165) is 0 Å². The molecule has 1 rings (SSSR count). The van der Waals surface area contributed by atoms with E-state index in [1.807, 2.05) is 0 Å². The largest absolute Gasteiger partial charge is 0.482 e. The van der Waals surface area contributed by atoms with E-state index < -0.39 is 24.6 Å². The Morgan fingerprint density at radius 2 is 1.94 bits per heavy atom. The lowest BCUT2D eigenvalue weighted by molar-refractivity contribution is -0.145. The molecular formula is C12H14O6. The Hall–Kier alpha value is -2.24. The fourth-order valence-corrected chi connectivity index (χ4v) is 1.26. The molecule has 18 heavy (non-hydrogen) atoms. The molecule has 1 atom stereocenters. The smallest absolute Gasteiger partial charge is 0.344 e. The van der Waals surface area contributed by atoms with Crippen LogP contribution >= 0.6 is 0 Å². The summed E-state index contributed by atoms with van der Waals surface area (Å²) in [5.41, 5.74) is 0. The van der Waals surface area contributed by atoms with Crippen molar-refractivity contribution in [3.8, 4) is 11.5 Å². The van der Waals surface area contributed by atoms with Gasteiger partial charge in [0.25, 0.3) is 0 Å². The van der Waals surface area contributed by atoms with Crippen LogP contribution in [0.15, 0.2) is 24.3 Å². The second-order valence-electron chi connectivity index (χ2n) is 3.51. The fourth-order valence-electron chi connectivity index (χ4n) is 1.26. The van der Waals surface area contributed by atoms with Crippen LogP contribution in [0, 0.1) is 0 Å². The third-order valence-corrected chi connectivity index (χ3v) is 2.09. The molecule has 6 heteroatoms. The Labute approximate surface area is 104 Å². The summed E-state index contributed by atoms with van der Waals surface area (Å²) < 4.78 is 10.2. The molecule has 0 bridgehead atoms. The van der Waals surface area contributed by atoms with Crippen molar-refractivity contribution >= 4 is 11.9 Å².